The highest BCUT2D eigenvalue weighted by Gasteiger charge is 2.14. The van der Waals surface area contributed by atoms with Gasteiger partial charge >= 0.3 is 0 Å². The molecule has 100 valence electrons. The predicted octanol–water partition coefficient (Wildman–Crippen LogP) is 5.15. The number of halogens is 3. The number of likely N-dealkylation sites (N-methyl/N-ethyl adjacent to an activating group) is 1. The molecule has 0 radical (unpaired) electrons. The third-order valence-corrected chi connectivity index (χ3v) is 3.83. The Morgan fingerprint density at radius 1 is 1.00 bits per heavy atom. The van der Waals surface area contributed by atoms with Gasteiger partial charge in [0, 0.05) is 21.1 Å². The highest BCUT2D eigenvalue weighted by molar-refractivity contribution is 6.33. The van der Waals surface area contributed by atoms with Crippen molar-refractivity contribution >= 4 is 34.8 Å². The van der Waals surface area contributed by atoms with Crippen LogP contribution in [0.1, 0.15) is 17.2 Å². The van der Waals surface area contributed by atoms with Gasteiger partial charge in [-0.25, -0.2) is 0 Å². The van der Waals surface area contributed by atoms with Crippen molar-refractivity contribution in [3.8, 4) is 0 Å². The van der Waals surface area contributed by atoms with Crippen LogP contribution in [0.25, 0.3) is 0 Å². The second-order valence-corrected chi connectivity index (χ2v) is 5.62. The van der Waals surface area contributed by atoms with Crippen LogP contribution in [0.2, 0.25) is 15.1 Å². The number of hydrogen-bond donors (Lipinski definition) is 1. The number of rotatable bonds is 4. The van der Waals surface area contributed by atoms with Gasteiger partial charge in [-0.1, -0.05) is 46.9 Å². The van der Waals surface area contributed by atoms with Gasteiger partial charge in [-0.15, -0.1) is 0 Å². The van der Waals surface area contributed by atoms with Crippen molar-refractivity contribution < 1.29 is 0 Å². The largest absolute Gasteiger partial charge is 0.313 e. The van der Waals surface area contributed by atoms with E-state index in [1.807, 2.05) is 37.4 Å². The average Bonchev–Trinajstić information content (AvgIpc) is 2.39. The molecule has 1 N–H and O–H groups in total. The summed E-state index contributed by atoms with van der Waals surface area (Å²) in [6.45, 7) is 0. The maximum atomic E-state index is 6.24. The standard InChI is InChI=1S/C15H14Cl3N/c1-19-15(8-10-3-2-4-11(16)7-10)13-9-12(17)5-6-14(13)18/h2-7,9,15,19H,8H2,1H3. The Labute approximate surface area is 128 Å². The van der Waals surface area contributed by atoms with Gasteiger partial charge in [0.15, 0.2) is 0 Å². The topological polar surface area (TPSA) is 12.0 Å². The molecule has 0 aliphatic rings. The molecule has 0 saturated carbocycles. The van der Waals surface area contributed by atoms with Gasteiger partial charge in [0.05, 0.1) is 0 Å². The normalized spacial score (nSPS) is 12.4. The van der Waals surface area contributed by atoms with E-state index < -0.39 is 0 Å². The average molecular weight is 315 g/mol. The maximum absolute atomic E-state index is 6.24. The highest BCUT2D eigenvalue weighted by atomic mass is 35.5. The summed E-state index contributed by atoms with van der Waals surface area (Å²) in [6, 6.07) is 13.4. The molecule has 2 aromatic rings. The molecule has 0 heterocycles. The Kier molecular flexibility index (Phi) is 5.12. The Balaban J connectivity index is 2.27. The molecule has 1 unspecified atom stereocenters. The van der Waals surface area contributed by atoms with E-state index in [1.54, 1.807) is 6.07 Å². The molecule has 19 heavy (non-hydrogen) atoms. The summed E-state index contributed by atoms with van der Waals surface area (Å²) >= 11 is 18.3. The molecule has 0 fully saturated rings. The molecule has 2 aromatic carbocycles. The third-order valence-electron chi connectivity index (χ3n) is 3.01. The lowest BCUT2D eigenvalue weighted by Crippen LogP contribution is -2.19. The summed E-state index contributed by atoms with van der Waals surface area (Å²) in [5.41, 5.74) is 2.15. The van der Waals surface area contributed by atoms with Crippen LogP contribution in [-0.4, -0.2) is 7.05 Å². The summed E-state index contributed by atoms with van der Waals surface area (Å²) < 4.78 is 0. The quantitative estimate of drug-likeness (QED) is 0.823. The van der Waals surface area contributed by atoms with Crippen molar-refractivity contribution in [2.45, 2.75) is 12.5 Å². The van der Waals surface area contributed by atoms with Gasteiger partial charge in [-0.05, 0) is 54.9 Å². The molecular weight excluding hydrogens is 301 g/mol. The molecule has 0 bridgehead atoms. The molecule has 1 nitrogen and oxygen atoms in total. The first-order valence-corrected chi connectivity index (χ1v) is 7.10. The molecule has 0 spiro atoms. The minimum atomic E-state index is 0.102. The molecule has 4 heteroatoms. The van der Waals surface area contributed by atoms with Gasteiger partial charge in [0.2, 0.25) is 0 Å². The lowest BCUT2D eigenvalue weighted by atomic mass is 9.99. The summed E-state index contributed by atoms with van der Waals surface area (Å²) in [5.74, 6) is 0. The molecule has 0 aliphatic carbocycles. The van der Waals surface area contributed by atoms with Crippen molar-refractivity contribution in [3.63, 3.8) is 0 Å². The van der Waals surface area contributed by atoms with Gasteiger partial charge in [0.1, 0.15) is 0 Å². The first kappa shape index (κ1) is 14.7. The maximum Gasteiger partial charge on any atom is 0.0454 e. The van der Waals surface area contributed by atoms with Crippen LogP contribution in [0.4, 0.5) is 0 Å². The first-order chi connectivity index (χ1) is 9.10. The van der Waals surface area contributed by atoms with E-state index in [0.717, 1.165) is 22.6 Å². The van der Waals surface area contributed by atoms with Crippen LogP contribution in [0, 0.1) is 0 Å². The number of hydrogen-bond acceptors (Lipinski definition) is 1. The Morgan fingerprint density at radius 3 is 2.42 bits per heavy atom. The number of nitrogens with one attached hydrogen (secondary N) is 1. The van der Waals surface area contributed by atoms with Crippen LogP contribution in [0.15, 0.2) is 42.5 Å². The first-order valence-electron chi connectivity index (χ1n) is 5.97. The summed E-state index contributed by atoms with van der Waals surface area (Å²) in [5, 5.41) is 5.41. The monoisotopic (exact) mass is 313 g/mol. The van der Waals surface area contributed by atoms with Gasteiger partial charge < -0.3 is 5.32 Å². The molecular formula is C15H14Cl3N. The second-order valence-electron chi connectivity index (χ2n) is 4.34. The van der Waals surface area contributed by atoms with Crippen LogP contribution in [-0.2, 0) is 6.42 Å². The van der Waals surface area contributed by atoms with E-state index in [0.29, 0.717) is 10.0 Å². The van der Waals surface area contributed by atoms with E-state index in [2.05, 4.69) is 11.4 Å². The zero-order valence-electron chi connectivity index (χ0n) is 10.5. The Hall–Kier alpha value is -0.730. The van der Waals surface area contributed by atoms with Gasteiger partial charge in [-0.3, -0.25) is 0 Å². The molecule has 2 rings (SSSR count). The lowest BCUT2D eigenvalue weighted by molar-refractivity contribution is 0.592. The van der Waals surface area contributed by atoms with Gasteiger partial charge in [0.25, 0.3) is 0 Å². The Bertz CT molecular complexity index is 569. The van der Waals surface area contributed by atoms with Crippen LogP contribution < -0.4 is 5.32 Å². The van der Waals surface area contributed by atoms with Crippen LogP contribution in [0.5, 0.6) is 0 Å². The minimum absolute atomic E-state index is 0.102. The van der Waals surface area contributed by atoms with E-state index in [-0.39, 0.29) is 6.04 Å². The molecule has 1 atom stereocenters. The van der Waals surface area contributed by atoms with E-state index in [1.165, 1.54) is 0 Å². The molecule has 0 amide bonds. The smallest absolute Gasteiger partial charge is 0.0454 e. The summed E-state index contributed by atoms with van der Waals surface area (Å²) in [4.78, 5) is 0. The second kappa shape index (κ2) is 6.62. The third kappa shape index (κ3) is 3.87. The molecule has 0 aliphatic heterocycles. The van der Waals surface area contributed by atoms with Crippen molar-refractivity contribution in [1.29, 1.82) is 0 Å². The molecule has 0 aromatic heterocycles. The fraction of sp³-hybridized carbons (Fsp3) is 0.200. The van der Waals surface area contributed by atoms with Crippen molar-refractivity contribution in [2.24, 2.45) is 0 Å². The van der Waals surface area contributed by atoms with Crippen molar-refractivity contribution in [2.75, 3.05) is 7.05 Å². The Morgan fingerprint density at radius 2 is 1.74 bits per heavy atom. The van der Waals surface area contributed by atoms with Gasteiger partial charge in [-0.2, -0.15) is 0 Å². The van der Waals surface area contributed by atoms with E-state index in [4.69, 9.17) is 34.8 Å². The highest BCUT2D eigenvalue weighted by Crippen LogP contribution is 2.28. The van der Waals surface area contributed by atoms with Crippen LogP contribution >= 0.6 is 34.8 Å². The SMILES string of the molecule is CNC(Cc1cccc(Cl)c1)c1cc(Cl)ccc1Cl. The van der Waals surface area contributed by atoms with E-state index >= 15 is 0 Å². The summed E-state index contributed by atoms with van der Waals surface area (Å²) in [6.07, 6.45) is 0.803. The van der Waals surface area contributed by atoms with E-state index in [9.17, 15) is 0 Å². The van der Waals surface area contributed by atoms with Crippen molar-refractivity contribution in [3.05, 3.63) is 68.7 Å². The van der Waals surface area contributed by atoms with Crippen molar-refractivity contribution in [1.82, 2.24) is 5.32 Å². The van der Waals surface area contributed by atoms with Crippen LogP contribution in [0.3, 0.4) is 0 Å². The zero-order valence-corrected chi connectivity index (χ0v) is 12.7. The predicted molar refractivity (Wildman–Crippen MR) is 83.4 cm³/mol. The fourth-order valence-corrected chi connectivity index (χ4v) is 2.69. The number of benzene rings is 2. The lowest BCUT2D eigenvalue weighted by Gasteiger charge is -2.18. The zero-order chi connectivity index (χ0) is 13.8. The minimum Gasteiger partial charge on any atom is -0.313 e. The molecule has 0 saturated heterocycles. The summed E-state index contributed by atoms with van der Waals surface area (Å²) in [7, 11) is 1.91. The fourth-order valence-electron chi connectivity index (χ4n) is 2.05.